The van der Waals surface area contributed by atoms with Gasteiger partial charge in [-0.25, -0.2) is 0 Å². The van der Waals surface area contributed by atoms with Crippen molar-refractivity contribution < 1.29 is 24.7 Å². The molecule has 48 heavy (non-hydrogen) atoms. The molecule has 1 fully saturated rings. The molecule has 1 heterocycles. The molecule has 6 aromatic carbocycles. The summed E-state index contributed by atoms with van der Waals surface area (Å²) in [6, 6.07) is 60.9. The van der Waals surface area contributed by atoms with E-state index in [1.54, 1.807) is 0 Å². The summed E-state index contributed by atoms with van der Waals surface area (Å²) >= 11 is 0. The molecule has 0 amide bonds. The first-order chi connectivity index (χ1) is 23.8. The van der Waals surface area contributed by atoms with Crippen LogP contribution in [0.2, 0.25) is 0 Å². The van der Waals surface area contributed by atoms with Crippen LogP contribution < -0.4 is 31.1 Å². The molecule has 234 valence electrons. The van der Waals surface area contributed by atoms with Gasteiger partial charge >= 0.3 is 55.7 Å². The second-order valence-electron chi connectivity index (χ2n) is 10.5. The highest BCUT2D eigenvalue weighted by Crippen LogP contribution is 2.11. The van der Waals surface area contributed by atoms with Crippen LogP contribution >= 0.6 is 0 Å². The van der Waals surface area contributed by atoms with Crippen LogP contribution in [0.15, 0.2) is 182 Å². The van der Waals surface area contributed by atoms with Crippen LogP contribution in [0.4, 0.5) is 0 Å². The summed E-state index contributed by atoms with van der Waals surface area (Å²) in [6.45, 7) is 0. The summed E-state index contributed by atoms with van der Waals surface area (Å²) in [6.07, 6.45) is 0. The van der Waals surface area contributed by atoms with E-state index >= 15 is 0 Å². The number of benzene rings is 6. The molecule has 0 aliphatic carbocycles. The van der Waals surface area contributed by atoms with Crippen molar-refractivity contribution in [2.75, 3.05) is 0 Å². The Balaban J connectivity index is 1.38. The molecular weight excluding hydrogens is 697 g/mol. The fourth-order valence-electron chi connectivity index (χ4n) is 4.78. The van der Waals surface area contributed by atoms with Gasteiger partial charge in [0, 0.05) is 0 Å². The number of hydrogen-bond acceptors (Lipinski definition) is 6. The van der Waals surface area contributed by atoms with Crippen LogP contribution in [0.25, 0.3) is 0 Å². The van der Waals surface area contributed by atoms with Crippen molar-refractivity contribution in [3.05, 3.63) is 182 Å². The van der Waals surface area contributed by atoms with E-state index in [9.17, 15) is 0 Å². The van der Waals surface area contributed by atoms with Gasteiger partial charge in [-0.05, 0) is 31.1 Å². The average molecular weight is 727 g/mol. The third-order valence-corrected chi connectivity index (χ3v) is 20.9. The SMILES string of the molecule is c1ccc([Si]2O[Si](c3ccccc3)O[Si](c3ccccc3)O[Si](c3ccccc3)O[Si](c3ccccc3)O[Si](c3ccccc3)O2)cc1. The smallest absolute Gasteiger partial charge is 0.405 e. The fourth-order valence-corrected chi connectivity index (χ4v) is 20.5. The van der Waals surface area contributed by atoms with Gasteiger partial charge in [0.25, 0.3) is 0 Å². The highest BCUT2D eigenvalue weighted by atomic mass is 28.5. The van der Waals surface area contributed by atoms with E-state index in [4.69, 9.17) is 24.7 Å². The molecule has 0 bridgehead atoms. The lowest BCUT2D eigenvalue weighted by atomic mass is 10.4. The van der Waals surface area contributed by atoms with Gasteiger partial charge in [0.15, 0.2) is 0 Å². The van der Waals surface area contributed by atoms with Gasteiger partial charge in [0.1, 0.15) is 0 Å². The van der Waals surface area contributed by atoms with E-state index in [-0.39, 0.29) is 0 Å². The molecule has 0 aromatic heterocycles. The van der Waals surface area contributed by atoms with Crippen LogP contribution in [-0.4, -0.2) is 55.7 Å². The molecule has 7 rings (SSSR count). The first-order valence-corrected chi connectivity index (χ1v) is 23.3. The van der Waals surface area contributed by atoms with Crippen molar-refractivity contribution in [2.24, 2.45) is 0 Å². The van der Waals surface area contributed by atoms with Gasteiger partial charge in [0.2, 0.25) is 0 Å². The summed E-state index contributed by atoms with van der Waals surface area (Å²) in [4.78, 5) is 0. The summed E-state index contributed by atoms with van der Waals surface area (Å²) in [5.41, 5.74) is 0. The van der Waals surface area contributed by atoms with Crippen molar-refractivity contribution in [3.8, 4) is 0 Å². The van der Waals surface area contributed by atoms with Gasteiger partial charge in [0.05, 0.1) is 0 Å². The zero-order chi connectivity index (χ0) is 32.4. The zero-order valence-electron chi connectivity index (χ0n) is 25.8. The van der Waals surface area contributed by atoms with Crippen LogP contribution in [0, 0.1) is 0 Å². The maximum absolute atomic E-state index is 7.11. The molecule has 1 saturated heterocycles. The van der Waals surface area contributed by atoms with E-state index < -0.39 is 55.7 Å². The summed E-state index contributed by atoms with van der Waals surface area (Å²) in [5, 5.41) is 5.84. The minimum atomic E-state index is -2.15. The molecule has 6 aromatic rings. The second-order valence-corrected chi connectivity index (χ2v) is 22.3. The average Bonchev–Trinajstić information content (AvgIpc) is 3.17. The lowest BCUT2D eigenvalue weighted by Gasteiger charge is -2.32. The Bertz CT molecular complexity index is 1450. The first-order valence-electron chi connectivity index (χ1n) is 15.4. The Labute approximate surface area is 292 Å². The maximum atomic E-state index is 7.11. The van der Waals surface area contributed by atoms with Crippen LogP contribution in [0.3, 0.4) is 0 Å². The van der Waals surface area contributed by atoms with Crippen LogP contribution in [0.5, 0.6) is 0 Å². The van der Waals surface area contributed by atoms with Gasteiger partial charge in [-0.15, -0.1) is 0 Å². The van der Waals surface area contributed by atoms with Crippen molar-refractivity contribution >= 4 is 86.8 Å². The van der Waals surface area contributed by atoms with Gasteiger partial charge < -0.3 is 24.7 Å². The molecule has 1 aliphatic rings. The second kappa shape index (κ2) is 16.7. The first kappa shape index (κ1) is 32.9. The molecular formula is C36H30O6Si6. The lowest BCUT2D eigenvalue weighted by molar-refractivity contribution is 0.310. The quantitative estimate of drug-likeness (QED) is 0.246. The Hall–Kier alpha value is -3.62. The Morgan fingerprint density at radius 2 is 0.312 bits per heavy atom. The summed E-state index contributed by atoms with van der Waals surface area (Å²) in [7, 11) is -12.9. The maximum Gasteiger partial charge on any atom is 0.405 e. The molecule has 1 aliphatic heterocycles. The minimum absolute atomic E-state index is 0.974. The molecule has 6 nitrogen and oxygen atoms in total. The van der Waals surface area contributed by atoms with Gasteiger partial charge in [-0.1, -0.05) is 182 Å². The summed E-state index contributed by atoms with van der Waals surface area (Å²) in [5.74, 6) is 0. The minimum Gasteiger partial charge on any atom is -0.407 e. The number of rotatable bonds is 6. The van der Waals surface area contributed by atoms with E-state index in [2.05, 4.69) is 72.8 Å². The zero-order valence-corrected chi connectivity index (χ0v) is 31.8. The van der Waals surface area contributed by atoms with Crippen molar-refractivity contribution in [2.45, 2.75) is 0 Å². The molecule has 0 saturated carbocycles. The Morgan fingerprint density at radius 1 is 0.188 bits per heavy atom. The van der Waals surface area contributed by atoms with Crippen LogP contribution in [-0.2, 0) is 24.7 Å². The molecule has 12 heteroatoms. The molecule has 0 atom stereocenters. The highest BCUT2D eigenvalue weighted by molar-refractivity contribution is 6.88. The third kappa shape index (κ3) is 8.50. The monoisotopic (exact) mass is 726 g/mol. The van der Waals surface area contributed by atoms with Crippen LogP contribution in [0.1, 0.15) is 0 Å². The van der Waals surface area contributed by atoms with E-state index in [1.807, 2.05) is 109 Å². The fraction of sp³-hybridized carbons (Fsp3) is 0. The van der Waals surface area contributed by atoms with E-state index in [0.717, 1.165) is 31.1 Å². The normalized spacial score (nSPS) is 17.0. The van der Waals surface area contributed by atoms with Crippen molar-refractivity contribution in [3.63, 3.8) is 0 Å². The molecule has 0 spiro atoms. The van der Waals surface area contributed by atoms with Crippen molar-refractivity contribution in [1.82, 2.24) is 0 Å². The third-order valence-electron chi connectivity index (χ3n) is 7.17. The molecule has 6 radical (unpaired) electrons. The largest absolute Gasteiger partial charge is 0.407 e. The van der Waals surface area contributed by atoms with Gasteiger partial charge in [-0.3, -0.25) is 0 Å². The predicted octanol–water partition coefficient (Wildman–Crippen LogP) is 2.47. The summed E-state index contributed by atoms with van der Waals surface area (Å²) < 4.78 is 42.7. The highest BCUT2D eigenvalue weighted by Gasteiger charge is 2.42. The predicted molar refractivity (Wildman–Crippen MR) is 197 cm³/mol. The molecule has 0 unspecified atom stereocenters. The molecule has 0 N–H and O–H groups in total. The standard InChI is InChI=1S/C36H30O6Si6/c1-7-19-31(20-8-1)43-37-44(32-21-9-2-10-22-32)39-46(34-25-13-4-14-26-34)41-48(36-29-17-6-18-30-36)42-47(35-27-15-5-16-28-35)40-45(38-43)33-23-11-3-12-24-33/h1-30H. The topological polar surface area (TPSA) is 55.4 Å². The van der Waals surface area contributed by atoms with Crippen molar-refractivity contribution in [1.29, 1.82) is 0 Å². The Morgan fingerprint density at radius 3 is 0.438 bits per heavy atom. The van der Waals surface area contributed by atoms with E-state index in [0.29, 0.717) is 0 Å². The number of hydrogen-bond donors (Lipinski definition) is 0. The van der Waals surface area contributed by atoms with Gasteiger partial charge in [-0.2, -0.15) is 0 Å². The Kier molecular flexibility index (Phi) is 11.4. The van der Waals surface area contributed by atoms with E-state index in [1.165, 1.54) is 0 Å². The lowest BCUT2D eigenvalue weighted by Crippen LogP contribution is -2.61.